The minimum absolute atomic E-state index is 0.693. The maximum absolute atomic E-state index is 5.59. The van der Waals surface area contributed by atoms with Crippen LogP contribution in [0.25, 0.3) is 0 Å². The van der Waals surface area contributed by atoms with Gasteiger partial charge < -0.3 is 10.3 Å². The molecule has 4 nitrogen and oxygen atoms in total. The third-order valence-electron chi connectivity index (χ3n) is 3.60. The second-order valence-corrected chi connectivity index (χ2v) is 5.14. The Balaban J connectivity index is 1.75. The first kappa shape index (κ1) is 12.6. The molecule has 1 atom stereocenters. The maximum atomic E-state index is 5.59. The van der Waals surface area contributed by atoms with E-state index in [1.807, 2.05) is 0 Å². The molecule has 1 aliphatic rings. The van der Waals surface area contributed by atoms with E-state index < -0.39 is 0 Å². The average Bonchev–Trinajstić information content (AvgIpc) is 3.03. The van der Waals surface area contributed by atoms with Crippen LogP contribution in [0.2, 0.25) is 0 Å². The summed E-state index contributed by atoms with van der Waals surface area (Å²) in [5, 5.41) is 4.04. The van der Waals surface area contributed by atoms with Gasteiger partial charge in [0.1, 0.15) is 0 Å². The molecule has 1 heterocycles. The first-order valence-electron chi connectivity index (χ1n) is 6.83. The summed E-state index contributed by atoms with van der Waals surface area (Å²) < 4.78 is 5.27. The molecule has 17 heavy (non-hydrogen) atoms. The lowest BCUT2D eigenvalue weighted by atomic mass is 9.97. The molecule has 1 aromatic heterocycles. The van der Waals surface area contributed by atoms with Crippen molar-refractivity contribution in [1.29, 1.82) is 0 Å². The molecule has 1 fully saturated rings. The highest BCUT2D eigenvalue weighted by Crippen LogP contribution is 2.31. The van der Waals surface area contributed by atoms with Crippen molar-refractivity contribution in [3.63, 3.8) is 0 Å². The molecule has 0 saturated heterocycles. The Kier molecular flexibility index (Phi) is 4.54. The summed E-state index contributed by atoms with van der Waals surface area (Å²) >= 11 is 0. The van der Waals surface area contributed by atoms with E-state index in [0.717, 1.165) is 49.9 Å². The van der Waals surface area contributed by atoms with Crippen molar-refractivity contribution in [2.24, 2.45) is 17.6 Å². The van der Waals surface area contributed by atoms with Crippen molar-refractivity contribution in [2.45, 2.75) is 51.9 Å². The van der Waals surface area contributed by atoms with Crippen LogP contribution < -0.4 is 5.73 Å². The van der Waals surface area contributed by atoms with Gasteiger partial charge in [0.05, 0.1) is 0 Å². The van der Waals surface area contributed by atoms with E-state index in [1.54, 1.807) is 0 Å². The van der Waals surface area contributed by atoms with E-state index >= 15 is 0 Å². The number of aromatic nitrogens is 2. The Morgan fingerprint density at radius 2 is 2.24 bits per heavy atom. The number of hydrogen-bond donors (Lipinski definition) is 1. The lowest BCUT2D eigenvalue weighted by molar-refractivity contribution is 0.350. The summed E-state index contributed by atoms with van der Waals surface area (Å²) in [6.07, 6.45) is 7.95. The van der Waals surface area contributed by atoms with Crippen LogP contribution in [-0.2, 0) is 12.8 Å². The first-order valence-corrected chi connectivity index (χ1v) is 6.83. The Morgan fingerprint density at radius 3 is 2.88 bits per heavy atom. The van der Waals surface area contributed by atoms with Crippen molar-refractivity contribution in [3.8, 4) is 0 Å². The normalized spacial score (nSPS) is 17.3. The van der Waals surface area contributed by atoms with Crippen LogP contribution in [0.3, 0.4) is 0 Å². The molecule has 1 aliphatic carbocycles. The second-order valence-electron chi connectivity index (χ2n) is 5.14. The van der Waals surface area contributed by atoms with Crippen LogP contribution in [0.1, 0.15) is 50.7 Å². The molecule has 96 valence electrons. The molecule has 4 heteroatoms. The molecule has 1 aromatic rings. The zero-order valence-corrected chi connectivity index (χ0v) is 10.7. The summed E-state index contributed by atoms with van der Waals surface area (Å²) in [7, 11) is 0. The molecular weight excluding hydrogens is 214 g/mol. The number of aryl methyl sites for hydroxylation is 1. The van der Waals surface area contributed by atoms with E-state index in [2.05, 4.69) is 17.1 Å². The van der Waals surface area contributed by atoms with Crippen LogP contribution in [0, 0.1) is 11.8 Å². The summed E-state index contributed by atoms with van der Waals surface area (Å²) in [6.45, 7) is 2.99. The average molecular weight is 237 g/mol. The van der Waals surface area contributed by atoms with Crippen molar-refractivity contribution in [1.82, 2.24) is 10.1 Å². The topological polar surface area (TPSA) is 64.9 Å². The van der Waals surface area contributed by atoms with Crippen LogP contribution in [0.15, 0.2) is 4.52 Å². The van der Waals surface area contributed by atoms with Crippen LogP contribution in [0.5, 0.6) is 0 Å². The zero-order chi connectivity index (χ0) is 12.1. The lowest BCUT2D eigenvalue weighted by Gasteiger charge is -2.11. The fourth-order valence-corrected chi connectivity index (χ4v) is 2.17. The zero-order valence-electron chi connectivity index (χ0n) is 10.7. The van der Waals surface area contributed by atoms with E-state index in [4.69, 9.17) is 10.3 Å². The molecule has 2 rings (SSSR count). The van der Waals surface area contributed by atoms with Gasteiger partial charge in [0.2, 0.25) is 5.89 Å². The van der Waals surface area contributed by atoms with Gasteiger partial charge in [-0.2, -0.15) is 4.98 Å². The molecule has 0 radical (unpaired) electrons. The van der Waals surface area contributed by atoms with Crippen LogP contribution in [-0.4, -0.2) is 16.7 Å². The van der Waals surface area contributed by atoms with Crippen molar-refractivity contribution in [2.75, 3.05) is 6.54 Å². The molecule has 0 amide bonds. The van der Waals surface area contributed by atoms with Crippen LogP contribution in [0.4, 0.5) is 0 Å². The Labute approximate surface area is 103 Å². The predicted molar refractivity (Wildman–Crippen MR) is 66.5 cm³/mol. The van der Waals surface area contributed by atoms with Crippen molar-refractivity contribution < 1.29 is 4.52 Å². The van der Waals surface area contributed by atoms with Gasteiger partial charge >= 0.3 is 0 Å². The van der Waals surface area contributed by atoms with Gasteiger partial charge in [-0.1, -0.05) is 18.5 Å². The smallest absolute Gasteiger partial charge is 0.226 e. The van der Waals surface area contributed by atoms with Gasteiger partial charge in [0, 0.05) is 12.8 Å². The largest absolute Gasteiger partial charge is 0.339 e. The Hall–Kier alpha value is -0.900. The SMILES string of the molecule is CCC(CCN)CCc1nc(CC2CC2)no1. The van der Waals surface area contributed by atoms with Crippen LogP contribution >= 0.6 is 0 Å². The summed E-state index contributed by atoms with van der Waals surface area (Å²) in [5.41, 5.74) is 5.59. The molecule has 1 unspecified atom stereocenters. The highest BCUT2D eigenvalue weighted by molar-refractivity contribution is 4.92. The third-order valence-corrected chi connectivity index (χ3v) is 3.60. The number of nitrogens with two attached hydrogens (primary N) is 1. The lowest BCUT2D eigenvalue weighted by Crippen LogP contribution is -2.09. The minimum atomic E-state index is 0.693. The number of hydrogen-bond acceptors (Lipinski definition) is 4. The summed E-state index contributed by atoms with van der Waals surface area (Å²) in [5.74, 6) is 3.21. The predicted octanol–water partition coefficient (Wildman–Crippen LogP) is 2.33. The molecular formula is C13H23N3O. The first-order chi connectivity index (χ1) is 8.31. The number of nitrogens with zero attached hydrogens (tertiary/aromatic N) is 2. The van der Waals surface area contributed by atoms with E-state index in [-0.39, 0.29) is 0 Å². The van der Waals surface area contributed by atoms with Gasteiger partial charge in [-0.15, -0.1) is 0 Å². The van der Waals surface area contributed by atoms with Gasteiger partial charge in [-0.3, -0.25) is 0 Å². The third kappa shape index (κ3) is 4.11. The maximum Gasteiger partial charge on any atom is 0.226 e. The van der Waals surface area contributed by atoms with E-state index in [9.17, 15) is 0 Å². The summed E-state index contributed by atoms with van der Waals surface area (Å²) in [6, 6.07) is 0. The standard InChI is InChI=1S/C13H23N3O/c1-2-10(7-8-14)5-6-13-15-12(16-17-13)9-11-3-4-11/h10-11H,2-9,14H2,1H3. The van der Waals surface area contributed by atoms with Gasteiger partial charge in [0.15, 0.2) is 5.82 Å². The molecule has 0 aliphatic heterocycles. The fraction of sp³-hybridized carbons (Fsp3) is 0.846. The van der Waals surface area contributed by atoms with E-state index in [0.29, 0.717) is 5.92 Å². The highest BCUT2D eigenvalue weighted by Gasteiger charge is 2.24. The van der Waals surface area contributed by atoms with E-state index in [1.165, 1.54) is 19.3 Å². The quantitative estimate of drug-likeness (QED) is 0.753. The molecule has 2 N–H and O–H groups in total. The molecule has 0 spiro atoms. The fourth-order valence-electron chi connectivity index (χ4n) is 2.17. The molecule has 0 aromatic carbocycles. The van der Waals surface area contributed by atoms with Gasteiger partial charge in [0.25, 0.3) is 0 Å². The molecule has 0 bridgehead atoms. The van der Waals surface area contributed by atoms with Gasteiger partial charge in [-0.25, -0.2) is 0 Å². The highest BCUT2D eigenvalue weighted by atomic mass is 16.5. The van der Waals surface area contributed by atoms with Gasteiger partial charge in [-0.05, 0) is 44.1 Å². The monoisotopic (exact) mass is 237 g/mol. The minimum Gasteiger partial charge on any atom is -0.339 e. The van der Waals surface area contributed by atoms with Crippen molar-refractivity contribution >= 4 is 0 Å². The summed E-state index contributed by atoms with van der Waals surface area (Å²) in [4.78, 5) is 4.45. The van der Waals surface area contributed by atoms with Crippen molar-refractivity contribution in [3.05, 3.63) is 11.7 Å². The number of rotatable bonds is 8. The molecule has 1 saturated carbocycles. The second kappa shape index (κ2) is 6.15. The Morgan fingerprint density at radius 1 is 1.41 bits per heavy atom. The Bertz CT molecular complexity index is 333.